The Bertz CT molecular complexity index is 800. The number of pyridine rings is 2. The van der Waals surface area contributed by atoms with E-state index >= 15 is 0 Å². The van der Waals surface area contributed by atoms with Gasteiger partial charge < -0.3 is 10.4 Å². The first kappa shape index (κ1) is 13.5. The summed E-state index contributed by atoms with van der Waals surface area (Å²) < 4.78 is 0. The van der Waals surface area contributed by atoms with Gasteiger partial charge in [0, 0.05) is 11.9 Å². The van der Waals surface area contributed by atoms with Crippen molar-refractivity contribution >= 4 is 28.1 Å². The molecule has 0 unspecified atom stereocenters. The average Bonchev–Trinajstić information content (AvgIpc) is 3.01. The highest BCUT2D eigenvalue weighted by Gasteiger charge is 2.16. The van der Waals surface area contributed by atoms with Crippen LogP contribution in [0, 0.1) is 0 Å². The lowest BCUT2D eigenvalue weighted by Gasteiger charge is -2.07. The molecule has 0 spiro atoms. The summed E-state index contributed by atoms with van der Waals surface area (Å²) in [4.78, 5) is 21.4. The maximum atomic E-state index is 11.8. The molecule has 106 valence electrons. The second-order valence-electron chi connectivity index (χ2n) is 4.42. The number of hydrogen-bond acceptors (Lipinski definition) is 5. The van der Waals surface area contributed by atoms with E-state index in [4.69, 9.17) is 0 Å². The highest BCUT2D eigenvalue weighted by Crippen LogP contribution is 2.29. The van der Waals surface area contributed by atoms with Gasteiger partial charge in [0.2, 0.25) is 0 Å². The minimum atomic E-state index is -0.390. The third-order valence-electron chi connectivity index (χ3n) is 3.05. The third-order valence-corrected chi connectivity index (χ3v) is 3.94. The minimum absolute atomic E-state index is 0.0232. The standard InChI is InChI=1S/C15H13N3O2S/c1-2-16-15(20)13-14(19)9-5-6-10(12-4-3-7-21-12)18-11(9)8-17-13/h3-8,19H,2H2,1H3,(H,16,20). The molecule has 6 heteroatoms. The number of hydrogen-bond donors (Lipinski definition) is 2. The zero-order valence-electron chi connectivity index (χ0n) is 11.3. The Morgan fingerprint density at radius 2 is 2.24 bits per heavy atom. The predicted octanol–water partition coefficient (Wildman–Crippen LogP) is 2.81. The molecule has 3 aromatic heterocycles. The van der Waals surface area contributed by atoms with Crippen LogP contribution in [0.1, 0.15) is 17.4 Å². The number of aromatic nitrogens is 2. The molecule has 0 saturated heterocycles. The van der Waals surface area contributed by atoms with Crippen molar-refractivity contribution < 1.29 is 9.90 Å². The molecule has 3 aromatic rings. The van der Waals surface area contributed by atoms with Crippen LogP contribution in [0.4, 0.5) is 0 Å². The van der Waals surface area contributed by atoms with Gasteiger partial charge >= 0.3 is 0 Å². The van der Waals surface area contributed by atoms with Crippen LogP contribution < -0.4 is 5.32 Å². The van der Waals surface area contributed by atoms with Gasteiger partial charge in [-0.25, -0.2) is 9.97 Å². The summed E-state index contributed by atoms with van der Waals surface area (Å²) in [5, 5.41) is 15.3. The Morgan fingerprint density at radius 3 is 2.95 bits per heavy atom. The number of thiophene rings is 1. The minimum Gasteiger partial charge on any atom is -0.505 e. The van der Waals surface area contributed by atoms with E-state index in [0.29, 0.717) is 17.4 Å². The van der Waals surface area contributed by atoms with Crippen molar-refractivity contribution in [2.45, 2.75) is 6.92 Å². The average molecular weight is 299 g/mol. The first-order valence-corrected chi connectivity index (χ1v) is 7.39. The van der Waals surface area contributed by atoms with Crippen LogP contribution in [-0.4, -0.2) is 27.5 Å². The number of amides is 1. The van der Waals surface area contributed by atoms with E-state index in [1.54, 1.807) is 17.4 Å². The number of aromatic hydroxyl groups is 1. The van der Waals surface area contributed by atoms with Crippen LogP contribution in [0.25, 0.3) is 21.5 Å². The van der Waals surface area contributed by atoms with Gasteiger partial charge in [-0.1, -0.05) is 6.07 Å². The summed E-state index contributed by atoms with van der Waals surface area (Å²) in [7, 11) is 0. The van der Waals surface area contributed by atoms with E-state index in [-0.39, 0.29) is 17.4 Å². The fourth-order valence-electron chi connectivity index (χ4n) is 2.06. The molecule has 0 saturated carbocycles. The van der Waals surface area contributed by atoms with Gasteiger partial charge in [-0.05, 0) is 30.5 Å². The number of carbonyl (C=O) groups is 1. The molecule has 0 aliphatic rings. The molecular formula is C15H13N3O2S. The second-order valence-corrected chi connectivity index (χ2v) is 5.37. The Hall–Kier alpha value is -2.47. The molecule has 2 N–H and O–H groups in total. The van der Waals surface area contributed by atoms with Gasteiger partial charge in [-0.15, -0.1) is 11.3 Å². The van der Waals surface area contributed by atoms with Gasteiger partial charge in [-0.2, -0.15) is 0 Å². The van der Waals surface area contributed by atoms with E-state index < -0.39 is 0 Å². The van der Waals surface area contributed by atoms with E-state index in [9.17, 15) is 9.90 Å². The first-order valence-electron chi connectivity index (χ1n) is 6.51. The van der Waals surface area contributed by atoms with Crippen molar-refractivity contribution in [2.75, 3.05) is 6.54 Å². The van der Waals surface area contributed by atoms with Crippen molar-refractivity contribution in [3.8, 4) is 16.3 Å². The van der Waals surface area contributed by atoms with E-state index in [1.807, 2.05) is 30.5 Å². The van der Waals surface area contributed by atoms with Crippen LogP contribution in [0.3, 0.4) is 0 Å². The van der Waals surface area contributed by atoms with Gasteiger partial charge in [0.15, 0.2) is 11.4 Å². The smallest absolute Gasteiger partial charge is 0.273 e. The molecule has 0 atom stereocenters. The van der Waals surface area contributed by atoms with Crippen molar-refractivity contribution in [3.63, 3.8) is 0 Å². The fourth-order valence-corrected chi connectivity index (χ4v) is 2.76. The van der Waals surface area contributed by atoms with E-state index in [0.717, 1.165) is 10.6 Å². The zero-order valence-corrected chi connectivity index (χ0v) is 12.1. The lowest BCUT2D eigenvalue weighted by atomic mass is 10.1. The van der Waals surface area contributed by atoms with E-state index in [1.165, 1.54) is 6.20 Å². The molecule has 0 radical (unpaired) electrons. The number of nitrogens with zero attached hydrogens (tertiary/aromatic N) is 2. The fraction of sp³-hybridized carbons (Fsp3) is 0.133. The normalized spacial score (nSPS) is 10.7. The van der Waals surface area contributed by atoms with Crippen LogP contribution >= 0.6 is 11.3 Å². The Morgan fingerprint density at radius 1 is 1.38 bits per heavy atom. The molecule has 1 amide bonds. The van der Waals surface area contributed by atoms with Gasteiger partial charge in [0.1, 0.15) is 0 Å². The van der Waals surface area contributed by atoms with E-state index in [2.05, 4.69) is 15.3 Å². The predicted molar refractivity (Wildman–Crippen MR) is 82.5 cm³/mol. The van der Waals surface area contributed by atoms with Gasteiger partial charge in [-0.3, -0.25) is 4.79 Å². The highest BCUT2D eigenvalue weighted by molar-refractivity contribution is 7.13. The summed E-state index contributed by atoms with van der Waals surface area (Å²) in [6.45, 7) is 2.29. The zero-order chi connectivity index (χ0) is 14.8. The maximum Gasteiger partial charge on any atom is 0.273 e. The molecule has 5 nitrogen and oxygen atoms in total. The molecule has 0 fully saturated rings. The number of rotatable bonds is 3. The van der Waals surface area contributed by atoms with Crippen molar-refractivity contribution in [3.05, 3.63) is 41.5 Å². The number of fused-ring (bicyclic) bond motifs is 1. The SMILES string of the molecule is CCNC(=O)c1ncc2nc(-c3cccs3)ccc2c1O. The number of nitrogens with one attached hydrogen (secondary N) is 1. The van der Waals surface area contributed by atoms with Crippen molar-refractivity contribution in [1.29, 1.82) is 0 Å². The van der Waals surface area contributed by atoms with Crippen LogP contribution in [0.5, 0.6) is 5.75 Å². The van der Waals surface area contributed by atoms with Crippen molar-refractivity contribution in [1.82, 2.24) is 15.3 Å². The van der Waals surface area contributed by atoms with Crippen molar-refractivity contribution in [2.24, 2.45) is 0 Å². The summed E-state index contributed by atoms with van der Waals surface area (Å²) in [6.07, 6.45) is 1.51. The Labute approximate surface area is 125 Å². The third kappa shape index (κ3) is 2.45. The molecule has 0 bridgehead atoms. The maximum absolute atomic E-state index is 11.8. The molecular weight excluding hydrogens is 286 g/mol. The molecule has 0 aliphatic carbocycles. The monoisotopic (exact) mass is 299 g/mol. The first-order chi connectivity index (χ1) is 10.2. The summed E-state index contributed by atoms with van der Waals surface area (Å²) in [5.74, 6) is -0.525. The highest BCUT2D eigenvalue weighted by atomic mass is 32.1. The van der Waals surface area contributed by atoms with Crippen LogP contribution in [0.15, 0.2) is 35.8 Å². The van der Waals surface area contributed by atoms with Gasteiger partial charge in [0.25, 0.3) is 5.91 Å². The van der Waals surface area contributed by atoms with Crippen LogP contribution in [-0.2, 0) is 0 Å². The molecule has 0 aliphatic heterocycles. The molecule has 21 heavy (non-hydrogen) atoms. The molecule has 3 rings (SSSR count). The van der Waals surface area contributed by atoms with Gasteiger partial charge in [0.05, 0.1) is 22.3 Å². The molecule has 3 heterocycles. The lowest BCUT2D eigenvalue weighted by Crippen LogP contribution is -2.23. The second kappa shape index (κ2) is 5.49. The Balaban J connectivity index is 2.09. The summed E-state index contributed by atoms with van der Waals surface area (Å²) >= 11 is 1.59. The van der Waals surface area contributed by atoms with Crippen LogP contribution in [0.2, 0.25) is 0 Å². The summed E-state index contributed by atoms with van der Waals surface area (Å²) in [6, 6.07) is 7.53. The lowest BCUT2D eigenvalue weighted by molar-refractivity contribution is 0.0948. The number of carbonyl (C=O) groups excluding carboxylic acids is 1. The topological polar surface area (TPSA) is 75.1 Å². The Kier molecular flexibility index (Phi) is 3.53. The summed E-state index contributed by atoms with van der Waals surface area (Å²) in [5.41, 5.74) is 1.41. The molecule has 0 aromatic carbocycles. The quantitative estimate of drug-likeness (QED) is 0.780. The largest absolute Gasteiger partial charge is 0.505 e.